The molecule has 0 saturated heterocycles. The van der Waals surface area contributed by atoms with Gasteiger partial charge in [-0.3, -0.25) is 4.48 Å². The summed E-state index contributed by atoms with van der Waals surface area (Å²) in [5.74, 6) is -0.325. The molecule has 0 bridgehead atoms. The molecule has 4 nitrogen and oxygen atoms in total. The molecule has 1 aliphatic rings. The minimum atomic E-state index is -0.325. The van der Waals surface area contributed by atoms with Crippen molar-refractivity contribution in [1.29, 1.82) is 5.26 Å². The van der Waals surface area contributed by atoms with Crippen LogP contribution in [0, 0.1) is 11.3 Å². The summed E-state index contributed by atoms with van der Waals surface area (Å²) >= 11 is 0. The van der Waals surface area contributed by atoms with Gasteiger partial charge >= 0.3 is 0 Å². The summed E-state index contributed by atoms with van der Waals surface area (Å²) in [6, 6.07) is 2.03. The van der Waals surface area contributed by atoms with E-state index < -0.39 is 0 Å². The molecule has 0 radical (unpaired) electrons. The van der Waals surface area contributed by atoms with Gasteiger partial charge in [0.25, 0.3) is 0 Å². The minimum absolute atomic E-state index is 0.325. The van der Waals surface area contributed by atoms with Crippen LogP contribution in [0.4, 0.5) is 0 Å². The van der Waals surface area contributed by atoms with Crippen molar-refractivity contribution in [3.05, 3.63) is 12.1 Å². The number of likely N-dealkylation sites (N-methyl/N-ethyl adjacent to an activating group) is 1. The minimum Gasteiger partial charge on any atom is -0.604 e. The zero-order chi connectivity index (χ0) is 8.32. The van der Waals surface area contributed by atoms with Gasteiger partial charge in [-0.25, -0.2) is 0 Å². The summed E-state index contributed by atoms with van der Waals surface area (Å²) in [6.45, 7) is 1.43. The third kappa shape index (κ3) is 1.85. The number of nitrogens with zero attached hydrogens (tertiary/aromatic N) is 2. The Morgan fingerprint density at radius 3 is 3.18 bits per heavy atom. The largest absolute Gasteiger partial charge is 0.604 e. The molecule has 1 heterocycles. The Balaban J connectivity index is 2.71. The van der Waals surface area contributed by atoms with Gasteiger partial charge < -0.3 is 9.84 Å². The zero-order valence-corrected chi connectivity index (χ0v) is 6.41. The number of hydrogen-bond acceptors (Lipinski definition) is 3. The Bertz CT molecular complexity index is 219. The van der Waals surface area contributed by atoms with Gasteiger partial charge in [0.05, 0.1) is 13.6 Å². The first kappa shape index (κ1) is 7.89. The average Bonchev–Trinajstić information content (AvgIpc) is 1.86. The number of rotatable bonds is 1. The van der Waals surface area contributed by atoms with Crippen LogP contribution in [0.2, 0.25) is 0 Å². The van der Waals surface area contributed by atoms with Gasteiger partial charge in [-0.15, -0.1) is 0 Å². The predicted molar refractivity (Wildman–Crippen MR) is 35.6 cm³/mol. The van der Waals surface area contributed by atoms with E-state index in [1.807, 2.05) is 13.1 Å². The summed E-state index contributed by atoms with van der Waals surface area (Å²) in [4.78, 5) is 0. The van der Waals surface area contributed by atoms with Crippen LogP contribution in [0.15, 0.2) is 12.1 Å². The molecular weight excluding hydrogens is 144 g/mol. The molecule has 60 valence electrons. The molecule has 0 spiro atoms. The van der Waals surface area contributed by atoms with Gasteiger partial charge in [0.15, 0.2) is 6.54 Å². The van der Waals surface area contributed by atoms with Crippen molar-refractivity contribution in [2.24, 2.45) is 0 Å². The molecule has 0 aromatic carbocycles. The Hall–Kier alpha value is -1.21. The lowest BCUT2D eigenvalue weighted by molar-refractivity contribution is -0.860. The first-order valence-electron chi connectivity index (χ1n) is 3.40. The third-order valence-corrected chi connectivity index (χ3v) is 1.70. The van der Waals surface area contributed by atoms with Crippen LogP contribution in [-0.2, 0) is 4.74 Å². The van der Waals surface area contributed by atoms with Crippen molar-refractivity contribution in [2.75, 3.05) is 26.7 Å². The number of ether oxygens (including phenoxy) is 1. The second-order valence-electron chi connectivity index (χ2n) is 2.82. The van der Waals surface area contributed by atoms with E-state index in [4.69, 9.17) is 10.00 Å². The SMILES string of the molecule is C[N+]1(CC#N)C=C([O-])OCC1. The molecule has 0 saturated carbocycles. The lowest BCUT2D eigenvalue weighted by atomic mass is 10.4. The van der Waals surface area contributed by atoms with Gasteiger partial charge in [0, 0.05) is 6.61 Å². The molecule has 0 N–H and O–H groups in total. The van der Waals surface area contributed by atoms with Crippen LogP contribution < -0.4 is 5.11 Å². The molecule has 0 fully saturated rings. The van der Waals surface area contributed by atoms with Crippen molar-refractivity contribution < 1.29 is 14.3 Å². The summed E-state index contributed by atoms with van der Waals surface area (Å²) in [5, 5.41) is 19.2. The topological polar surface area (TPSA) is 56.1 Å². The Morgan fingerprint density at radius 2 is 2.64 bits per heavy atom. The smallest absolute Gasteiger partial charge is 0.170 e. The van der Waals surface area contributed by atoms with Crippen molar-refractivity contribution >= 4 is 0 Å². The molecule has 4 heteroatoms. The fourth-order valence-corrected chi connectivity index (χ4v) is 0.997. The molecule has 1 unspecified atom stereocenters. The van der Waals surface area contributed by atoms with E-state index in [2.05, 4.69) is 0 Å². The molecule has 1 rings (SSSR count). The summed E-state index contributed by atoms with van der Waals surface area (Å²) < 4.78 is 5.07. The fraction of sp³-hybridized carbons (Fsp3) is 0.571. The Morgan fingerprint density at radius 1 is 1.91 bits per heavy atom. The van der Waals surface area contributed by atoms with Gasteiger partial charge in [-0.1, -0.05) is 0 Å². The Kier molecular flexibility index (Phi) is 2.01. The van der Waals surface area contributed by atoms with Crippen LogP contribution in [-0.4, -0.2) is 31.2 Å². The standard InChI is InChI=1S/C7H10N2O2/c1-9(3-2-8)4-5-11-7(10)6-9/h6H,3-5H2,1H3. The average molecular weight is 154 g/mol. The van der Waals surface area contributed by atoms with Crippen molar-refractivity contribution in [3.63, 3.8) is 0 Å². The van der Waals surface area contributed by atoms with E-state index in [9.17, 15) is 5.11 Å². The maximum absolute atomic E-state index is 10.8. The molecule has 0 aromatic heterocycles. The lowest BCUT2D eigenvalue weighted by Crippen LogP contribution is -2.45. The van der Waals surface area contributed by atoms with E-state index in [0.29, 0.717) is 24.2 Å². The van der Waals surface area contributed by atoms with Gasteiger partial charge in [0.1, 0.15) is 18.2 Å². The summed E-state index contributed by atoms with van der Waals surface area (Å²) in [7, 11) is 1.84. The van der Waals surface area contributed by atoms with Crippen molar-refractivity contribution in [1.82, 2.24) is 0 Å². The highest BCUT2D eigenvalue weighted by Gasteiger charge is 2.20. The monoisotopic (exact) mass is 154 g/mol. The predicted octanol–water partition coefficient (Wildman–Crippen LogP) is -0.854. The van der Waals surface area contributed by atoms with Crippen LogP contribution in [0.1, 0.15) is 0 Å². The highest BCUT2D eigenvalue weighted by atomic mass is 16.6. The van der Waals surface area contributed by atoms with Crippen LogP contribution >= 0.6 is 0 Å². The fourth-order valence-electron chi connectivity index (χ4n) is 0.997. The van der Waals surface area contributed by atoms with E-state index in [1.54, 1.807) is 0 Å². The number of hydrogen-bond donors (Lipinski definition) is 0. The quantitative estimate of drug-likeness (QED) is 0.365. The van der Waals surface area contributed by atoms with Crippen LogP contribution in [0.25, 0.3) is 0 Å². The number of quaternary nitrogens is 1. The maximum atomic E-state index is 10.8. The van der Waals surface area contributed by atoms with Gasteiger partial charge in [0.2, 0.25) is 0 Å². The normalized spacial score (nSPS) is 30.0. The van der Waals surface area contributed by atoms with Crippen LogP contribution in [0.5, 0.6) is 0 Å². The van der Waals surface area contributed by atoms with Crippen molar-refractivity contribution in [3.8, 4) is 6.07 Å². The molecular formula is C7H10N2O2. The zero-order valence-electron chi connectivity index (χ0n) is 6.41. The second-order valence-corrected chi connectivity index (χ2v) is 2.82. The first-order valence-corrected chi connectivity index (χ1v) is 3.40. The summed E-state index contributed by atoms with van der Waals surface area (Å²) in [5.41, 5.74) is 0. The van der Waals surface area contributed by atoms with E-state index >= 15 is 0 Å². The second kappa shape index (κ2) is 2.81. The highest BCUT2D eigenvalue weighted by molar-refractivity contribution is 4.79. The first-order chi connectivity index (χ1) is 5.16. The molecule has 11 heavy (non-hydrogen) atoms. The molecule has 1 atom stereocenters. The Labute approximate surface area is 65.5 Å². The van der Waals surface area contributed by atoms with E-state index in [-0.39, 0.29) is 5.95 Å². The van der Waals surface area contributed by atoms with Gasteiger partial charge in [-0.05, 0) is 0 Å². The maximum Gasteiger partial charge on any atom is 0.170 e. The van der Waals surface area contributed by atoms with Crippen LogP contribution in [0.3, 0.4) is 0 Å². The highest BCUT2D eigenvalue weighted by Crippen LogP contribution is 2.10. The lowest BCUT2D eigenvalue weighted by Gasteiger charge is -2.34. The van der Waals surface area contributed by atoms with E-state index in [0.717, 1.165) is 0 Å². The van der Waals surface area contributed by atoms with E-state index in [1.165, 1.54) is 6.20 Å². The third-order valence-electron chi connectivity index (χ3n) is 1.70. The molecule has 0 aliphatic carbocycles. The van der Waals surface area contributed by atoms with Gasteiger partial charge in [-0.2, -0.15) is 5.26 Å². The molecule has 1 aliphatic heterocycles. The molecule has 0 amide bonds. The van der Waals surface area contributed by atoms with Crippen molar-refractivity contribution in [2.45, 2.75) is 0 Å². The number of nitriles is 1. The molecule has 0 aromatic rings. The summed E-state index contributed by atoms with van der Waals surface area (Å²) in [6.07, 6.45) is 1.44.